The van der Waals surface area contributed by atoms with E-state index >= 15 is 0 Å². The second-order valence-corrected chi connectivity index (χ2v) is 5.43. The van der Waals surface area contributed by atoms with Gasteiger partial charge in [-0.3, -0.25) is 4.79 Å². The first-order valence-electron chi connectivity index (χ1n) is 4.04. The molecule has 0 aliphatic heterocycles. The normalized spacial score (nSPS) is 12.6. The second kappa shape index (κ2) is 5.47. The number of hydrogen-bond donors (Lipinski definition) is 0. The molecule has 0 heterocycles. The molecule has 76 valence electrons. The molecule has 14 heavy (non-hydrogen) atoms. The third-order valence-electron chi connectivity index (χ3n) is 1.78. The van der Waals surface area contributed by atoms with Crippen molar-refractivity contribution in [3.05, 3.63) is 32.9 Å². The SMILES string of the molecule is CC(=O)C(Br)c1cc(I)cc(CCl)c1. The first-order chi connectivity index (χ1) is 6.54. The number of carbonyl (C=O) groups excluding carboxylic acids is 1. The zero-order chi connectivity index (χ0) is 10.7. The Kier molecular flexibility index (Phi) is 4.87. The fraction of sp³-hybridized carbons (Fsp3) is 0.300. The van der Waals surface area contributed by atoms with Gasteiger partial charge in [-0.15, -0.1) is 11.6 Å². The Morgan fingerprint density at radius 2 is 2.21 bits per heavy atom. The highest BCUT2D eigenvalue weighted by atomic mass is 127. The average Bonchev–Trinajstić information content (AvgIpc) is 2.15. The number of carbonyl (C=O) groups is 1. The summed E-state index contributed by atoms with van der Waals surface area (Å²) >= 11 is 11.3. The van der Waals surface area contributed by atoms with E-state index in [4.69, 9.17) is 11.6 Å². The van der Waals surface area contributed by atoms with Crippen LogP contribution in [0.4, 0.5) is 0 Å². The summed E-state index contributed by atoms with van der Waals surface area (Å²) in [7, 11) is 0. The molecule has 0 aliphatic carbocycles. The van der Waals surface area contributed by atoms with Gasteiger partial charge in [-0.2, -0.15) is 0 Å². The van der Waals surface area contributed by atoms with Crippen LogP contribution in [0.2, 0.25) is 0 Å². The van der Waals surface area contributed by atoms with Crippen LogP contribution in [-0.2, 0) is 10.7 Å². The quantitative estimate of drug-likeness (QED) is 0.565. The molecule has 0 bridgehead atoms. The maximum atomic E-state index is 11.2. The van der Waals surface area contributed by atoms with Crippen LogP contribution in [-0.4, -0.2) is 5.78 Å². The van der Waals surface area contributed by atoms with Gasteiger partial charge in [0.1, 0.15) is 5.78 Å². The molecule has 0 fully saturated rings. The Morgan fingerprint density at radius 3 is 2.71 bits per heavy atom. The summed E-state index contributed by atoms with van der Waals surface area (Å²) in [6, 6.07) is 5.95. The van der Waals surface area contributed by atoms with Crippen molar-refractivity contribution in [3.63, 3.8) is 0 Å². The summed E-state index contributed by atoms with van der Waals surface area (Å²) in [5.41, 5.74) is 2.01. The minimum Gasteiger partial charge on any atom is -0.298 e. The average molecular weight is 387 g/mol. The van der Waals surface area contributed by atoms with E-state index in [1.54, 1.807) is 6.92 Å². The van der Waals surface area contributed by atoms with Gasteiger partial charge in [-0.05, 0) is 52.8 Å². The topological polar surface area (TPSA) is 17.1 Å². The van der Waals surface area contributed by atoms with Gasteiger partial charge in [0, 0.05) is 9.45 Å². The van der Waals surface area contributed by atoms with Crippen molar-refractivity contribution < 1.29 is 4.79 Å². The van der Waals surface area contributed by atoms with E-state index in [0.29, 0.717) is 5.88 Å². The van der Waals surface area contributed by atoms with Crippen LogP contribution >= 0.6 is 50.1 Å². The summed E-state index contributed by atoms with van der Waals surface area (Å²) in [6.07, 6.45) is 0. The van der Waals surface area contributed by atoms with Gasteiger partial charge in [0.05, 0.1) is 4.83 Å². The lowest BCUT2D eigenvalue weighted by molar-refractivity contribution is -0.116. The van der Waals surface area contributed by atoms with Crippen LogP contribution in [0, 0.1) is 3.57 Å². The molecule has 0 N–H and O–H groups in total. The van der Waals surface area contributed by atoms with Gasteiger partial charge in [0.2, 0.25) is 0 Å². The van der Waals surface area contributed by atoms with Crippen LogP contribution in [0.5, 0.6) is 0 Å². The van der Waals surface area contributed by atoms with Crippen LogP contribution < -0.4 is 0 Å². The van der Waals surface area contributed by atoms with E-state index in [-0.39, 0.29) is 10.6 Å². The molecule has 1 aromatic rings. The number of Topliss-reactive ketones (excluding diaryl/α,β-unsaturated/α-hetero) is 1. The molecule has 1 nitrogen and oxygen atoms in total. The molecule has 1 atom stereocenters. The maximum Gasteiger partial charge on any atom is 0.147 e. The number of benzene rings is 1. The Bertz CT molecular complexity index is 354. The van der Waals surface area contributed by atoms with Crippen molar-refractivity contribution in [1.82, 2.24) is 0 Å². The predicted molar refractivity (Wildman–Crippen MR) is 71.1 cm³/mol. The molecule has 1 unspecified atom stereocenters. The summed E-state index contributed by atoms with van der Waals surface area (Å²) in [5, 5.41) is 0. The van der Waals surface area contributed by atoms with Gasteiger partial charge < -0.3 is 0 Å². The summed E-state index contributed by atoms with van der Waals surface area (Å²) in [6.45, 7) is 1.57. The Hall–Kier alpha value is 0.390. The molecule has 0 radical (unpaired) electrons. The minimum atomic E-state index is -0.223. The molecular formula is C10H9BrClIO. The monoisotopic (exact) mass is 386 g/mol. The van der Waals surface area contributed by atoms with Crippen LogP contribution in [0.3, 0.4) is 0 Å². The van der Waals surface area contributed by atoms with Crippen molar-refractivity contribution in [2.45, 2.75) is 17.6 Å². The molecule has 0 spiro atoms. The van der Waals surface area contributed by atoms with Crippen LogP contribution in [0.15, 0.2) is 18.2 Å². The summed E-state index contributed by atoms with van der Waals surface area (Å²) in [5.74, 6) is 0.578. The van der Waals surface area contributed by atoms with E-state index in [9.17, 15) is 4.79 Å². The molecule has 0 saturated heterocycles. The van der Waals surface area contributed by atoms with Gasteiger partial charge in [-0.1, -0.05) is 22.0 Å². The first-order valence-corrected chi connectivity index (χ1v) is 6.57. The zero-order valence-electron chi connectivity index (χ0n) is 7.56. The lowest BCUT2D eigenvalue weighted by atomic mass is 10.1. The lowest BCUT2D eigenvalue weighted by Crippen LogP contribution is -2.02. The van der Waals surface area contributed by atoms with Crippen LogP contribution in [0.25, 0.3) is 0 Å². The third-order valence-corrected chi connectivity index (χ3v) is 3.89. The number of rotatable bonds is 3. The molecule has 0 aliphatic rings. The Morgan fingerprint density at radius 1 is 1.57 bits per heavy atom. The zero-order valence-corrected chi connectivity index (χ0v) is 12.1. The smallest absolute Gasteiger partial charge is 0.147 e. The van der Waals surface area contributed by atoms with Crippen molar-refractivity contribution >= 4 is 55.9 Å². The molecule has 1 rings (SSSR count). The van der Waals surface area contributed by atoms with Gasteiger partial charge in [-0.25, -0.2) is 0 Å². The maximum absolute atomic E-state index is 11.2. The second-order valence-electron chi connectivity index (χ2n) is 3.00. The number of halogens is 3. The van der Waals surface area contributed by atoms with Crippen molar-refractivity contribution in [1.29, 1.82) is 0 Å². The molecule has 1 aromatic carbocycles. The standard InChI is InChI=1S/C10H9BrClIO/c1-6(14)10(11)8-2-7(5-12)3-9(13)4-8/h2-4,10H,5H2,1H3. The highest BCUT2D eigenvalue weighted by molar-refractivity contribution is 14.1. The fourth-order valence-electron chi connectivity index (χ4n) is 1.13. The van der Waals surface area contributed by atoms with Crippen molar-refractivity contribution in [2.24, 2.45) is 0 Å². The van der Waals surface area contributed by atoms with Gasteiger partial charge in [0.25, 0.3) is 0 Å². The Balaban J connectivity index is 3.08. The highest BCUT2D eigenvalue weighted by Crippen LogP contribution is 2.26. The Labute approximate surface area is 110 Å². The largest absolute Gasteiger partial charge is 0.298 e. The highest BCUT2D eigenvalue weighted by Gasteiger charge is 2.13. The van der Waals surface area contributed by atoms with Crippen molar-refractivity contribution in [3.8, 4) is 0 Å². The number of hydrogen-bond acceptors (Lipinski definition) is 1. The molecule has 0 saturated carbocycles. The minimum absolute atomic E-state index is 0.104. The predicted octanol–water partition coefficient (Wildman–Crippen LogP) is 4.06. The van der Waals surface area contributed by atoms with Crippen LogP contribution in [0.1, 0.15) is 22.9 Å². The van der Waals surface area contributed by atoms with E-state index < -0.39 is 0 Å². The number of ketones is 1. The van der Waals surface area contributed by atoms with Gasteiger partial charge in [0.15, 0.2) is 0 Å². The third kappa shape index (κ3) is 3.21. The van der Waals surface area contributed by atoms with E-state index in [0.717, 1.165) is 14.7 Å². The molecular weight excluding hydrogens is 378 g/mol. The summed E-state index contributed by atoms with van der Waals surface area (Å²) < 4.78 is 1.10. The molecule has 4 heteroatoms. The molecule has 0 amide bonds. The lowest BCUT2D eigenvalue weighted by Gasteiger charge is -2.08. The van der Waals surface area contributed by atoms with Gasteiger partial charge >= 0.3 is 0 Å². The van der Waals surface area contributed by atoms with E-state index in [1.807, 2.05) is 18.2 Å². The molecule has 0 aromatic heterocycles. The van der Waals surface area contributed by atoms with E-state index in [1.165, 1.54) is 0 Å². The fourth-order valence-corrected chi connectivity index (χ4v) is 2.31. The number of alkyl halides is 2. The first kappa shape index (κ1) is 12.5. The summed E-state index contributed by atoms with van der Waals surface area (Å²) in [4.78, 5) is 10.9. The van der Waals surface area contributed by atoms with Crippen molar-refractivity contribution in [2.75, 3.05) is 0 Å². The van der Waals surface area contributed by atoms with E-state index in [2.05, 4.69) is 38.5 Å².